The molecule has 0 spiro atoms. The van der Waals surface area contributed by atoms with E-state index in [0.717, 1.165) is 11.3 Å². The highest BCUT2D eigenvalue weighted by Gasteiger charge is 2.25. The van der Waals surface area contributed by atoms with Crippen molar-refractivity contribution in [2.24, 2.45) is 11.1 Å². The Morgan fingerprint density at radius 1 is 1.62 bits per heavy atom. The second kappa shape index (κ2) is 4.70. The molecule has 0 saturated heterocycles. The molecule has 0 aromatic carbocycles. The van der Waals surface area contributed by atoms with Crippen molar-refractivity contribution in [1.29, 1.82) is 0 Å². The van der Waals surface area contributed by atoms with Crippen LogP contribution in [0.25, 0.3) is 0 Å². The summed E-state index contributed by atoms with van der Waals surface area (Å²) in [7, 11) is 0. The Bertz CT molecular complexity index is 369. The number of aryl methyl sites for hydroxylation is 1. The van der Waals surface area contributed by atoms with Crippen molar-refractivity contribution in [1.82, 2.24) is 5.32 Å². The Kier molecular flexibility index (Phi) is 3.75. The highest BCUT2D eigenvalue weighted by atomic mass is 16.3. The molecule has 0 bridgehead atoms. The fourth-order valence-electron chi connectivity index (χ4n) is 1.42. The average molecular weight is 224 g/mol. The quantitative estimate of drug-likeness (QED) is 0.800. The van der Waals surface area contributed by atoms with Crippen LogP contribution < -0.4 is 11.1 Å². The number of nitrogens with one attached hydrogen (secondary N) is 1. The van der Waals surface area contributed by atoms with Crippen LogP contribution in [0.1, 0.15) is 38.1 Å². The van der Waals surface area contributed by atoms with E-state index < -0.39 is 5.41 Å². The van der Waals surface area contributed by atoms with E-state index >= 15 is 0 Å². The first-order chi connectivity index (χ1) is 7.34. The van der Waals surface area contributed by atoms with Crippen molar-refractivity contribution >= 4 is 5.91 Å². The molecule has 4 nitrogen and oxygen atoms in total. The summed E-state index contributed by atoms with van der Waals surface area (Å²) in [6.07, 6.45) is 1.67. The maximum Gasteiger partial charge on any atom is 0.224 e. The van der Waals surface area contributed by atoms with Crippen LogP contribution in [0.4, 0.5) is 0 Å². The molecule has 0 aliphatic rings. The van der Waals surface area contributed by atoms with Crippen LogP contribution in [0.3, 0.4) is 0 Å². The van der Waals surface area contributed by atoms with Crippen molar-refractivity contribution in [3.05, 3.63) is 23.7 Å². The lowest BCUT2D eigenvalue weighted by Gasteiger charge is -2.23. The Labute approximate surface area is 96.2 Å². The number of carbonyl (C=O) groups excluding carboxylic acids is 1. The van der Waals surface area contributed by atoms with Gasteiger partial charge in [0.25, 0.3) is 0 Å². The second-order valence-corrected chi connectivity index (χ2v) is 4.82. The van der Waals surface area contributed by atoms with Gasteiger partial charge in [0.2, 0.25) is 5.91 Å². The number of carbonyl (C=O) groups is 1. The summed E-state index contributed by atoms with van der Waals surface area (Å²) in [6, 6.07) is 2.00. The van der Waals surface area contributed by atoms with E-state index in [4.69, 9.17) is 10.2 Å². The number of hydrogen-bond donors (Lipinski definition) is 2. The molecule has 0 aliphatic heterocycles. The molecule has 16 heavy (non-hydrogen) atoms. The van der Waals surface area contributed by atoms with E-state index in [1.807, 2.05) is 33.8 Å². The summed E-state index contributed by atoms with van der Waals surface area (Å²) in [6.45, 7) is 8.18. The van der Waals surface area contributed by atoms with Crippen molar-refractivity contribution in [3.63, 3.8) is 0 Å². The summed E-state index contributed by atoms with van der Waals surface area (Å²) in [5, 5.41) is 3.25. The molecule has 1 unspecified atom stereocenters. The van der Waals surface area contributed by atoms with Crippen LogP contribution in [0, 0.1) is 12.3 Å². The van der Waals surface area contributed by atoms with Gasteiger partial charge in [0.05, 0.1) is 17.7 Å². The molecule has 3 N–H and O–H groups in total. The molecule has 1 aromatic heterocycles. The van der Waals surface area contributed by atoms with Crippen molar-refractivity contribution in [2.45, 2.75) is 33.7 Å². The zero-order chi connectivity index (χ0) is 12.3. The van der Waals surface area contributed by atoms with Crippen LogP contribution in [-0.4, -0.2) is 12.5 Å². The number of furan rings is 1. The summed E-state index contributed by atoms with van der Waals surface area (Å²) < 4.78 is 5.37. The minimum atomic E-state index is -0.547. The zero-order valence-electron chi connectivity index (χ0n) is 10.3. The van der Waals surface area contributed by atoms with Gasteiger partial charge in [-0.3, -0.25) is 4.79 Å². The molecule has 0 saturated carbocycles. The minimum Gasteiger partial charge on any atom is -0.467 e. The van der Waals surface area contributed by atoms with Gasteiger partial charge in [-0.15, -0.1) is 0 Å². The van der Waals surface area contributed by atoms with Crippen LogP contribution >= 0.6 is 0 Å². The van der Waals surface area contributed by atoms with Crippen LogP contribution in [-0.2, 0) is 4.79 Å². The Morgan fingerprint density at radius 3 is 2.69 bits per heavy atom. The summed E-state index contributed by atoms with van der Waals surface area (Å²) >= 11 is 0. The van der Waals surface area contributed by atoms with Crippen LogP contribution in [0.5, 0.6) is 0 Å². The first-order valence-corrected chi connectivity index (χ1v) is 5.42. The van der Waals surface area contributed by atoms with Crippen molar-refractivity contribution < 1.29 is 9.21 Å². The standard InChI is InChI=1S/C12H20N2O2/c1-8-5-6-16-10(8)9(2)14-7-12(3,4)11(13)15/h5-6,9,14H,7H2,1-4H3,(H2,13,15). The molecule has 90 valence electrons. The van der Waals surface area contributed by atoms with E-state index in [2.05, 4.69) is 5.32 Å². The van der Waals surface area contributed by atoms with Gasteiger partial charge >= 0.3 is 0 Å². The molecule has 0 aliphatic carbocycles. The third-order valence-corrected chi connectivity index (χ3v) is 2.81. The van der Waals surface area contributed by atoms with E-state index in [1.54, 1.807) is 6.26 Å². The van der Waals surface area contributed by atoms with Gasteiger partial charge < -0.3 is 15.5 Å². The topological polar surface area (TPSA) is 68.3 Å². The molecular weight excluding hydrogens is 204 g/mol. The van der Waals surface area contributed by atoms with Gasteiger partial charge in [-0.25, -0.2) is 0 Å². The minimum absolute atomic E-state index is 0.0774. The monoisotopic (exact) mass is 224 g/mol. The second-order valence-electron chi connectivity index (χ2n) is 4.82. The first-order valence-electron chi connectivity index (χ1n) is 5.42. The fraction of sp³-hybridized carbons (Fsp3) is 0.583. The predicted molar refractivity (Wildman–Crippen MR) is 62.8 cm³/mol. The Hall–Kier alpha value is -1.29. The highest BCUT2D eigenvalue weighted by molar-refractivity contribution is 5.80. The smallest absolute Gasteiger partial charge is 0.224 e. The number of hydrogen-bond acceptors (Lipinski definition) is 3. The maximum atomic E-state index is 11.1. The van der Waals surface area contributed by atoms with Crippen molar-refractivity contribution in [2.75, 3.05) is 6.54 Å². The summed E-state index contributed by atoms with van der Waals surface area (Å²) in [4.78, 5) is 11.1. The van der Waals surface area contributed by atoms with Crippen molar-refractivity contribution in [3.8, 4) is 0 Å². The molecule has 0 fully saturated rings. The molecule has 1 atom stereocenters. The fourth-order valence-corrected chi connectivity index (χ4v) is 1.42. The number of nitrogens with two attached hydrogens (primary N) is 1. The lowest BCUT2D eigenvalue weighted by atomic mass is 9.92. The van der Waals surface area contributed by atoms with E-state index in [-0.39, 0.29) is 11.9 Å². The average Bonchev–Trinajstić information content (AvgIpc) is 2.61. The molecule has 4 heteroatoms. The zero-order valence-corrected chi connectivity index (χ0v) is 10.3. The van der Waals surface area contributed by atoms with Crippen LogP contribution in [0.15, 0.2) is 16.7 Å². The Balaban J connectivity index is 2.57. The van der Waals surface area contributed by atoms with E-state index in [1.165, 1.54) is 0 Å². The lowest BCUT2D eigenvalue weighted by Crippen LogP contribution is -2.41. The summed E-state index contributed by atoms with van der Waals surface area (Å²) in [5.74, 6) is 0.601. The highest BCUT2D eigenvalue weighted by Crippen LogP contribution is 2.20. The number of rotatable bonds is 5. The SMILES string of the molecule is Cc1ccoc1C(C)NCC(C)(C)C(N)=O. The van der Waals surface area contributed by atoms with Gasteiger partial charge in [0.15, 0.2) is 0 Å². The lowest BCUT2D eigenvalue weighted by molar-refractivity contribution is -0.125. The molecule has 1 heterocycles. The van der Waals surface area contributed by atoms with Gasteiger partial charge in [0.1, 0.15) is 5.76 Å². The van der Waals surface area contributed by atoms with Gasteiger partial charge in [-0.2, -0.15) is 0 Å². The third kappa shape index (κ3) is 2.85. The number of amides is 1. The van der Waals surface area contributed by atoms with E-state index in [0.29, 0.717) is 6.54 Å². The largest absolute Gasteiger partial charge is 0.467 e. The molecular formula is C12H20N2O2. The van der Waals surface area contributed by atoms with Gasteiger partial charge in [0, 0.05) is 6.54 Å². The maximum absolute atomic E-state index is 11.1. The molecule has 0 radical (unpaired) electrons. The third-order valence-electron chi connectivity index (χ3n) is 2.81. The van der Waals surface area contributed by atoms with Crippen LogP contribution in [0.2, 0.25) is 0 Å². The first kappa shape index (κ1) is 12.8. The molecule has 1 aromatic rings. The Morgan fingerprint density at radius 2 is 2.25 bits per heavy atom. The summed E-state index contributed by atoms with van der Waals surface area (Å²) in [5.41, 5.74) is 5.86. The number of primary amides is 1. The van der Waals surface area contributed by atoms with Gasteiger partial charge in [-0.05, 0) is 39.3 Å². The van der Waals surface area contributed by atoms with E-state index in [9.17, 15) is 4.79 Å². The molecule has 1 rings (SSSR count). The molecule has 1 amide bonds. The predicted octanol–water partition coefficient (Wildman–Crippen LogP) is 1.75. The van der Waals surface area contributed by atoms with Gasteiger partial charge in [-0.1, -0.05) is 0 Å². The normalized spacial score (nSPS) is 13.8.